The Labute approximate surface area is 93.2 Å². The second-order valence-electron chi connectivity index (χ2n) is 3.14. The van der Waals surface area contributed by atoms with Crippen molar-refractivity contribution in [3.05, 3.63) is 47.5 Å². The molecule has 0 aliphatic carbocycles. The first kappa shape index (κ1) is 12.2. The highest BCUT2D eigenvalue weighted by Crippen LogP contribution is 2.13. The van der Waals surface area contributed by atoms with Crippen LogP contribution in [0.2, 0.25) is 0 Å². The van der Waals surface area contributed by atoms with Gasteiger partial charge in [-0.1, -0.05) is 18.2 Å². The molecule has 0 amide bonds. The van der Waals surface area contributed by atoms with Gasteiger partial charge in [0.1, 0.15) is 5.82 Å². The van der Waals surface area contributed by atoms with Crippen molar-refractivity contribution in [1.29, 1.82) is 0 Å². The summed E-state index contributed by atoms with van der Waals surface area (Å²) in [5.74, 6) is -1.04. The summed E-state index contributed by atoms with van der Waals surface area (Å²) in [7, 11) is 0. The minimum atomic E-state index is -0.631. The highest BCUT2D eigenvalue weighted by Gasteiger charge is 2.13. The standard InChI is InChI=1S/C12H13FO3/c1-2-16-12(15)10(8-14)7-9-5-3-4-6-11(9)13/h3-6,8,14H,2,7H2,1H3/b10-8+. The van der Waals surface area contributed by atoms with Crippen LogP contribution in [0.4, 0.5) is 4.39 Å². The zero-order valence-electron chi connectivity index (χ0n) is 8.94. The van der Waals surface area contributed by atoms with Gasteiger partial charge in [0.25, 0.3) is 0 Å². The number of carbonyl (C=O) groups is 1. The molecule has 4 heteroatoms. The molecule has 0 spiro atoms. The number of carbonyl (C=O) groups excluding carboxylic acids is 1. The summed E-state index contributed by atoms with van der Waals surface area (Å²) in [5, 5.41) is 8.89. The van der Waals surface area contributed by atoms with E-state index in [4.69, 9.17) is 9.84 Å². The van der Waals surface area contributed by atoms with E-state index in [2.05, 4.69) is 0 Å². The predicted molar refractivity (Wildman–Crippen MR) is 57.4 cm³/mol. The zero-order chi connectivity index (χ0) is 12.0. The number of halogens is 1. The highest BCUT2D eigenvalue weighted by molar-refractivity contribution is 5.88. The van der Waals surface area contributed by atoms with Gasteiger partial charge in [0.15, 0.2) is 0 Å². The average Bonchev–Trinajstić information content (AvgIpc) is 2.28. The summed E-state index contributed by atoms with van der Waals surface area (Å²) < 4.78 is 18.0. The molecule has 1 aromatic carbocycles. The van der Waals surface area contributed by atoms with E-state index < -0.39 is 11.8 Å². The number of ether oxygens (including phenoxy) is 1. The Hall–Kier alpha value is -1.84. The van der Waals surface area contributed by atoms with E-state index in [-0.39, 0.29) is 18.6 Å². The molecule has 0 saturated carbocycles. The number of aliphatic hydroxyl groups is 1. The smallest absolute Gasteiger partial charge is 0.337 e. The Morgan fingerprint density at radius 1 is 1.50 bits per heavy atom. The maximum absolute atomic E-state index is 13.3. The molecule has 0 bridgehead atoms. The largest absolute Gasteiger partial charge is 0.515 e. The van der Waals surface area contributed by atoms with Gasteiger partial charge in [-0.25, -0.2) is 9.18 Å². The van der Waals surface area contributed by atoms with Crippen LogP contribution in [0.3, 0.4) is 0 Å². The maximum atomic E-state index is 13.3. The molecule has 0 saturated heterocycles. The van der Waals surface area contributed by atoms with Crippen LogP contribution in [0.1, 0.15) is 12.5 Å². The Morgan fingerprint density at radius 2 is 2.19 bits per heavy atom. The van der Waals surface area contributed by atoms with Gasteiger partial charge in [0.2, 0.25) is 0 Å². The number of aliphatic hydroxyl groups excluding tert-OH is 1. The van der Waals surface area contributed by atoms with Crippen molar-refractivity contribution in [2.75, 3.05) is 6.61 Å². The van der Waals surface area contributed by atoms with Gasteiger partial charge in [-0.3, -0.25) is 0 Å². The molecule has 0 unspecified atom stereocenters. The summed E-state index contributed by atoms with van der Waals surface area (Å²) in [6.45, 7) is 1.88. The minimum absolute atomic E-state index is 0.0159. The van der Waals surface area contributed by atoms with E-state index in [1.54, 1.807) is 25.1 Å². The molecule has 86 valence electrons. The zero-order valence-corrected chi connectivity index (χ0v) is 8.94. The van der Waals surface area contributed by atoms with Crippen LogP contribution in [0.25, 0.3) is 0 Å². The van der Waals surface area contributed by atoms with Crippen LogP contribution in [-0.2, 0) is 16.0 Å². The van der Waals surface area contributed by atoms with Gasteiger partial charge in [-0.2, -0.15) is 0 Å². The number of hydrogen-bond donors (Lipinski definition) is 1. The normalized spacial score (nSPS) is 11.2. The Kier molecular flexibility index (Phi) is 4.51. The van der Waals surface area contributed by atoms with Gasteiger partial charge < -0.3 is 9.84 Å². The van der Waals surface area contributed by atoms with Crippen LogP contribution in [0, 0.1) is 5.82 Å². The summed E-state index contributed by atoms with van der Waals surface area (Å²) in [4.78, 5) is 11.3. The van der Waals surface area contributed by atoms with Crippen LogP contribution in [-0.4, -0.2) is 17.7 Å². The molecule has 0 atom stereocenters. The van der Waals surface area contributed by atoms with Crippen molar-refractivity contribution < 1.29 is 19.0 Å². The number of hydrogen-bond acceptors (Lipinski definition) is 3. The third-order valence-corrected chi connectivity index (χ3v) is 2.03. The van der Waals surface area contributed by atoms with Crippen molar-refractivity contribution in [2.24, 2.45) is 0 Å². The molecule has 0 fully saturated rings. The first-order chi connectivity index (χ1) is 7.69. The fourth-order valence-corrected chi connectivity index (χ4v) is 1.24. The van der Waals surface area contributed by atoms with Crippen molar-refractivity contribution in [2.45, 2.75) is 13.3 Å². The molecule has 0 radical (unpaired) electrons. The molecule has 1 aromatic rings. The Morgan fingerprint density at radius 3 is 2.75 bits per heavy atom. The van der Waals surface area contributed by atoms with Crippen LogP contribution in [0.15, 0.2) is 36.1 Å². The lowest BCUT2D eigenvalue weighted by Gasteiger charge is -2.06. The minimum Gasteiger partial charge on any atom is -0.515 e. The van der Waals surface area contributed by atoms with E-state index in [1.807, 2.05) is 0 Å². The third kappa shape index (κ3) is 3.08. The van der Waals surface area contributed by atoms with E-state index in [0.717, 1.165) is 0 Å². The molecule has 3 nitrogen and oxygen atoms in total. The lowest BCUT2D eigenvalue weighted by Crippen LogP contribution is -2.10. The Bertz CT molecular complexity index is 399. The highest BCUT2D eigenvalue weighted by atomic mass is 19.1. The monoisotopic (exact) mass is 224 g/mol. The van der Waals surface area contributed by atoms with Gasteiger partial charge in [0, 0.05) is 6.42 Å². The summed E-state index contributed by atoms with van der Waals surface area (Å²) in [6.07, 6.45) is 0.673. The summed E-state index contributed by atoms with van der Waals surface area (Å²) >= 11 is 0. The second-order valence-corrected chi connectivity index (χ2v) is 3.14. The SMILES string of the molecule is CCOC(=O)/C(=C/O)Cc1ccccc1F. The van der Waals surface area contributed by atoms with E-state index in [0.29, 0.717) is 11.8 Å². The van der Waals surface area contributed by atoms with E-state index >= 15 is 0 Å². The summed E-state index contributed by atoms with van der Waals surface area (Å²) in [5.41, 5.74) is 0.378. The third-order valence-electron chi connectivity index (χ3n) is 2.03. The fourth-order valence-electron chi connectivity index (χ4n) is 1.24. The van der Waals surface area contributed by atoms with Gasteiger partial charge in [-0.05, 0) is 18.6 Å². The van der Waals surface area contributed by atoms with Gasteiger partial charge in [-0.15, -0.1) is 0 Å². The molecule has 1 N–H and O–H groups in total. The fraction of sp³-hybridized carbons (Fsp3) is 0.250. The van der Waals surface area contributed by atoms with E-state index in [1.165, 1.54) is 6.07 Å². The van der Waals surface area contributed by atoms with Crippen LogP contribution < -0.4 is 0 Å². The number of rotatable bonds is 4. The van der Waals surface area contributed by atoms with Crippen molar-refractivity contribution in [1.82, 2.24) is 0 Å². The van der Waals surface area contributed by atoms with Crippen LogP contribution in [0.5, 0.6) is 0 Å². The average molecular weight is 224 g/mol. The van der Waals surface area contributed by atoms with Crippen molar-refractivity contribution >= 4 is 5.97 Å². The molecule has 0 aliphatic heterocycles. The topological polar surface area (TPSA) is 46.5 Å². The number of benzene rings is 1. The molecular weight excluding hydrogens is 211 g/mol. The van der Waals surface area contributed by atoms with Gasteiger partial charge in [0.05, 0.1) is 18.4 Å². The molecule has 0 heterocycles. The number of esters is 1. The lowest BCUT2D eigenvalue weighted by molar-refractivity contribution is -0.138. The van der Waals surface area contributed by atoms with Crippen molar-refractivity contribution in [3.63, 3.8) is 0 Å². The predicted octanol–water partition coefficient (Wildman–Crippen LogP) is 2.37. The van der Waals surface area contributed by atoms with Crippen molar-refractivity contribution in [3.8, 4) is 0 Å². The molecule has 1 rings (SSSR count). The molecule has 0 aromatic heterocycles. The summed E-state index contributed by atoms with van der Waals surface area (Å²) in [6, 6.07) is 6.08. The quantitative estimate of drug-likeness (QED) is 0.485. The molecular formula is C12H13FO3. The van der Waals surface area contributed by atoms with E-state index in [9.17, 15) is 9.18 Å². The second kappa shape index (κ2) is 5.90. The Balaban J connectivity index is 2.79. The maximum Gasteiger partial charge on any atom is 0.337 e. The molecule has 16 heavy (non-hydrogen) atoms. The lowest BCUT2D eigenvalue weighted by atomic mass is 10.1. The van der Waals surface area contributed by atoms with Crippen LogP contribution >= 0.6 is 0 Å². The first-order valence-corrected chi connectivity index (χ1v) is 4.92. The van der Waals surface area contributed by atoms with Gasteiger partial charge >= 0.3 is 5.97 Å². The first-order valence-electron chi connectivity index (χ1n) is 4.92. The molecule has 0 aliphatic rings.